The third-order valence-corrected chi connectivity index (χ3v) is 5.92. The van der Waals surface area contributed by atoms with Crippen molar-refractivity contribution in [3.8, 4) is 0 Å². The van der Waals surface area contributed by atoms with Crippen molar-refractivity contribution in [2.45, 2.75) is 38.6 Å². The van der Waals surface area contributed by atoms with Crippen LogP contribution in [0.3, 0.4) is 0 Å². The summed E-state index contributed by atoms with van der Waals surface area (Å²) in [5.41, 5.74) is 0.989. The SMILES string of the molecule is CCOC(=O)C1CCN(CC(=O)N(c2ccccc2)C2CCN(C)CC2)CC1. The van der Waals surface area contributed by atoms with Gasteiger partial charge in [0.2, 0.25) is 5.91 Å². The molecule has 2 saturated heterocycles. The van der Waals surface area contributed by atoms with E-state index in [2.05, 4.69) is 16.8 Å². The smallest absolute Gasteiger partial charge is 0.309 e. The predicted molar refractivity (Wildman–Crippen MR) is 110 cm³/mol. The quantitative estimate of drug-likeness (QED) is 0.702. The van der Waals surface area contributed by atoms with E-state index in [0.717, 1.165) is 57.5 Å². The summed E-state index contributed by atoms with van der Waals surface area (Å²) in [6.07, 6.45) is 3.54. The van der Waals surface area contributed by atoms with Crippen molar-refractivity contribution in [1.82, 2.24) is 9.80 Å². The molecule has 0 aromatic heterocycles. The lowest BCUT2D eigenvalue weighted by Gasteiger charge is -2.39. The number of likely N-dealkylation sites (tertiary alicyclic amines) is 2. The Balaban J connectivity index is 1.61. The number of anilines is 1. The highest BCUT2D eigenvalue weighted by Crippen LogP contribution is 2.25. The van der Waals surface area contributed by atoms with Gasteiger partial charge in [-0.2, -0.15) is 0 Å². The predicted octanol–water partition coefficient (Wildman–Crippen LogP) is 2.39. The third kappa shape index (κ3) is 5.32. The zero-order valence-corrected chi connectivity index (χ0v) is 17.2. The second-order valence-electron chi connectivity index (χ2n) is 7.94. The van der Waals surface area contributed by atoms with Gasteiger partial charge in [-0.15, -0.1) is 0 Å². The van der Waals surface area contributed by atoms with E-state index in [1.165, 1.54) is 0 Å². The van der Waals surface area contributed by atoms with E-state index in [-0.39, 0.29) is 23.8 Å². The normalized spacial score (nSPS) is 20.1. The van der Waals surface area contributed by atoms with Gasteiger partial charge in [0.25, 0.3) is 0 Å². The van der Waals surface area contributed by atoms with Gasteiger partial charge in [-0.05, 0) is 78.0 Å². The summed E-state index contributed by atoms with van der Waals surface area (Å²) in [6, 6.07) is 10.3. The summed E-state index contributed by atoms with van der Waals surface area (Å²) >= 11 is 0. The minimum Gasteiger partial charge on any atom is -0.466 e. The van der Waals surface area contributed by atoms with E-state index in [9.17, 15) is 9.59 Å². The van der Waals surface area contributed by atoms with Crippen LogP contribution in [0.2, 0.25) is 0 Å². The molecule has 0 bridgehead atoms. The van der Waals surface area contributed by atoms with Gasteiger partial charge in [0.1, 0.15) is 0 Å². The Hall–Kier alpha value is -1.92. The largest absolute Gasteiger partial charge is 0.466 e. The molecule has 0 N–H and O–H groups in total. The number of ether oxygens (including phenoxy) is 1. The van der Waals surface area contributed by atoms with Crippen molar-refractivity contribution in [2.24, 2.45) is 5.92 Å². The number of amides is 1. The monoisotopic (exact) mass is 387 g/mol. The fraction of sp³-hybridized carbons (Fsp3) is 0.636. The second kappa shape index (κ2) is 10.0. The number of para-hydroxylation sites is 1. The number of hydrogen-bond acceptors (Lipinski definition) is 5. The third-order valence-electron chi connectivity index (χ3n) is 5.92. The van der Waals surface area contributed by atoms with Crippen molar-refractivity contribution in [3.05, 3.63) is 30.3 Å². The zero-order chi connectivity index (χ0) is 19.9. The first-order valence-electron chi connectivity index (χ1n) is 10.5. The molecule has 0 unspecified atom stereocenters. The van der Waals surface area contributed by atoms with Crippen molar-refractivity contribution < 1.29 is 14.3 Å². The van der Waals surface area contributed by atoms with Crippen molar-refractivity contribution in [3.63, 3.8) is 0 Å². The molecule has 0 spiro atoms. The molecule has 154 valence electrons. The van der Waals surface area contributed by atoms with Gasteiger partial charge >= 0.3 is 5.97 Å². The number of nitrogens with zero attached hydrogens (tertiary/aromatic N) is 3. The molecule has 28 heavy (non-hydrogen) atoms. The molecule has 0 radical (unpaired) electrons. The van der Waals surface area contributed by atoms with Gasteiger partial charge < -0.3 is 14.5 Å². The molecule has 6 nitrogen and oxygen atoms in total. The van der Waals surface area contributed by atoms with Gasteiger partial charge in [0.05, 0.1) is 19.1 Å². The number of benzene rings is 1. The van der Waals surface area contributed by atoms with Crippen LogP contribution in [-0.4, -0.2) is 74.1 Å². The molecule has 3 rings (SSSR count). The fourth-order valence-corrected chi connectivity index (χ4v) is 4.25. The molecule has 6 heteroatoms. The number of esters is 1. The first-order chi connectivity index (χ1) is 13.6. The maximum Gasteiger partial charge on any atom is 0.309 e. The lowest BCUT2D eigenvalue weighted by atomic mass is 9.97. The highest BCUT2D eigenvalue weighted by atomic mass is 16.5. The van der Waals surface area contributed by atoms with Crippen LogP contribution in [0.15, 0.2) is 30.3 Å². The Morgan fingerprint density at radius 2 is 1.68 bits per heavy atom. The molecule has 2 heterocycles. The van der Waals surface area contributed by atoms with Crippen LogP contribution < -0.4 is 4.90 Å². The Bertz CT molecular complexity index is 636. The van der Waals surface area contributed by atoms with E-state index < -0.39 is 0 Å². The highest BCUT2D eigenvalue weighted by molar-refractivity contribution is 5.95. The van der Waals surface area contributed by atoms with Crippen molar-refractivity contribution in [1.29, 1.82) is 0 Å². The molecule has 1 amide bonds. The van der Waals surface area contributed by atoms with Crippen molar-refractivity contribution >= 4 is 17.6 Å². The van der Waals surface area contributed by atoms with Crippen LogP contribution in [0.5, 0.6) is 0 Å². The number of piperidine rings is 2. The summed E-state index contributed by atoms with van der Waals surface area (Å²) in [6.45, 7) is 6.26. The Labute approximate surface area is 168 Å². The summed E-state index contributed by atoms with van der Waals surface area (Å²) < 4.78 is 5.15. The lowest BCUT2D eigenvalue weighted by Crippen LogP contribution is -2.51. The summed E-state index contributed by atoms with van der Waals surface area (Å²) in [5.74, 6) is 0.0476. The summed E-state index contributed by atoms with van der Waals surface area (Å²) in [7, 11) is 2.14. The average Bonchev–Trinajstić information content (AvgIpc) is 2.71. The summed E-state index contributed by atoms with van der Waals surface area (Å²) in [5, 5.41) is 0. The first-order valence-corrected chi connectivity index (χ1v) is 10.5. The van der Waals surface area contributed by atoms with E-state index in [1.807, 2.05) is 42.2 Å². The fourth-order valence-electron chi connectivity index (χ4n) is 4.25. The number of rotatable bonds is 6. The Morgan fingerprint density at radius 1 is 1.04 bits per heavy atom. The molecular weight excluding hydrogens is 354 g/mol. The molecule has 2 aliphatic rings. The van der Waals surface area contributed by atoms with E-state index in [4.69, 9.17) is 4.74 Å². The maximum absolute atomic E-state index is 13.3. The van der Waals surface area contributed by atoms with Crippen LogP contribution >= 0.6 is 0 Å². The van der Waals surface area contributed by atoms with Gasteiger partial charge in [-0.25, -0.2) is 0 Å². The molecule has 2 fully saturated rings. The van der Waals surface area contributed by atoms with E-state index in [1.54, 1.807) is 0 Å². The Kier molecular flexibility index (Phi) is 7.45. The minimum atomic E-state index is -0.0919. The molecule has 1 aromatic rings. The summed E-state index contributed by atoms with van der Waals surface area (Å²) in [4.78, 5) is 31.7. The van der Waals surface area contributed by atoms with Crippen LogP contribution in [0, 0.1) is 5.92 Å². The average molecular weight is 388 g/mol. The molecule has 0 aliphatic carbocycles. The molecule has 2 aliphatic heterocycles. The van der Waals surface area contributed by atoms with Gasteiger partial charge in [0, 0.05) is 11.7 Å². The van der Waals surface area contributed by atoms with Crippen LogP contribution in [0.25, 0.3) is 0 Å². The maximum atomic E-state index is 13.3. The van der Waals surface area contributed by atoms with Gasteiger partial charge in [-0.3, -0.25) is 14.5 Å². The topological polar surface area (TPSA) is 53.1 Å². The zero-order valence-electron chi connectivity index (χ0n) is 17.2. The molecule has 0 atom stereocenters. The van der Waals surface area contributed by atoms with E-state index in [0.29, 0.717) is 13.2 Å². The number of hydrogen-bond donors (Lipinski definition) is 0. The lowest BCUT2D eigenvalue weighted by molar-refractivity contribution is -0.149. The van der Waals surface area contributed by atoms with Gasteiger partial charge in [0.15, 0.2) is 0 Å². The Morgan fingerprint density at radius 3 is 2.29 bits per heavy atom. The number of carbonyl (C=O) groups is 2. The number of carbonyl (C=O) groups excluding carboxylic acids is 2. The van der Waals surface area contributed by atoms with Crippen LogP contribution in [-0.2, 0) is 14.3 Å². The van der Waals surface area contributed by atoms with Crippen LogP contribution in [0.1, 0.15) is 32.6 Å². The molecular formula is C22H33N3O3. The highest BCUT2D eigenvalue weighted by Gasteiger charge is 2.31. The first kappa shape index (κ1) is 20.8. The molecule has 1 aromatic carbocycles. The molecule has 0 saturated carbocycles. The second-order valence-corrected chi connectivity index (χ2v) is 7.94. The minimum absolute atomic E-state index is 0.0228. The van der Waals surface area contributed by atoms with Gasteiger partial charge in [-0.1, -0.05) is 18.2 Å². The van der Waals surface area contributed by atoms with Crippen LogP contribution in [0.4, 0.5) is 5.69 Å². The standard InChI is InChI=1S/C22H33N3O3/c1-3-28-22(27)18-9-15-24(16-10-18)17-21(26)25(19-7-5-4-6-8-19)20-11-13-23(2)14-12-20/h4-8,18,20H,3,9-17H2,1-2H3. The van der Waals surface area contributed by atoms with E-state index >= 15 is 0 Å². The van der Waals surface area contributed by atoms with Crippen molar-refractivity contribution in [2.75, 3.05) is 51.3 Å².